The first-order chi connectivity index (χ1) is 14.7. The van der Waals surface area contributed by atoms with Gasteiger partial charge in [-0.15, -0.1) is 0 Å². The van der Waals surface area contributed by atoms with Crippen molar-refractivity contribution in [2.75, 3.05) is 19.7 Å². The first-order valence-electron chi connectivity index (χ1n) is 10.8. The number of aliphatic hydroxyl groups excluding tert-OH is 1. The smallest absolute Gasteiger partial charge is 0.272 e. The number of hydrogen-bond donors (Lipinski definition) is 1. The van der Waals surface area contributed by atoms with Crippen molar-refractivity contribution in [1.29, 1.82) is 0 Å². The van der Waals surface area contributed by atoms with E-state index in [1.807, 2.05) is 29.2 Å². The fourth-order valence-electron chi connectivity index (χ4n) is 5.80. The molecule has 6 nitrogen and oxygen atoms in total. The average Bonchev–Trinajstić information content (AvgIpc) is 3.28. The molecule has 0 unspecified atom stereocenters. The predicted octanol–water partition coefficient (Wildman–Crippen LogP) is 2.45. The van der Waals surface area contributed by atoms with Gasteiger partial charge in [-0.25, -0.2) is 0 Å². The molecular formula is C24H27N3O3. The molecule has 2 atom stereocenters. The van der Waals surface area contributed by atoms with E-state index in [0.29, 0.717) is 18.8 Å². The summed E-state index contributed by atoms with van der Waals surface area (Å²) in [5, 5.41) is 10.2. The fraction of sp³-hybridized carbons (Fsp3) is 0.458. The molecule has 1 aromatic heterocycles. The number of carbonyl (C=O) groups is 2. The maximum absolute atomic E-state index is 13.4. The minimum absolute atomic E-state index is 0.0295. The van der Waals surface area contributed by atoms with Crippen LogP contribution in [0.5, 0.6) is 0 Å². The lowest BCUT2D eigenvalue weighted by Crippen LogP contribution is -2.86. The quantitative estimate of drug-likeness (QED) is 0.848. The van der Waals surface area contributed by atoms with Gasteiger partial charge in [0, 0.05) is 31.1 Å². The molecule has 3 fully saturated rings. The molecule has 0 radical (unpaired) electrons. The predicted molar refractivity (Wildman–Crippen MR) is 112 cm³/mol. The summed E-state index contributed by atoms with van der Waals surface area (Å²) in [5.74, 6) is 0.132. The first-order valence-corrected chi connectivity index (χ1v) is 10.8. The van der Waals surface area contributed by atoms with Crippen molar-refractivity contribution in [3.05, 3.63) is 66.0 Å². The topological polar surface area (TPSA) is 73.7 Å². The zero-order chi connectivity index (χ0) is 20.7. The van der Waals surface area contributed by atoms with E-state index in [9.17, 15) is 14.7 Å². The number of aliphatic hydroxyl groups is 1. The Morgan fingerprint density at radius 1 is 1.03 bits per heavy atom. The molecule has 5 rings (SSSR count). The Morgan fingerprint density at radius 2 is 1.73 bits per heavy atom. The van der Waals surface area contributed by atoms with E-state index in [1.165, 1.54) is 0 Å². The summed E-state index contributed by atoms with van der Waals surface area (Å²) >= 11 is 0. The van der Waals surface area contributed by atoms with Gasteiger partial charge >= 0.3 is 0 Å². The van der Waals surface area contributed by atoms with Crippen LogP contribution in [-0.4, -0.2) is 63.0 Å². The third kappa shape index (κ3) is 2.85. The van der Waals surface area contributed by atoms with Crippen LogP contribution in [0.3, 0.4) is 0 Å². The summed E-state index contributed by atoms with van der Waals surface area (Å²) in [6, 6.07) is 15.2. The summed E-state index contributed by atoms with van der Waals surface area (Å²) in [6.45, 7) is 0.905. The maximum atomic E-state index is 13.4. The number of likely N-dealkylation sites (tertiary alicyclic amines) is 2. The van der Waals surface area contributed by atoms with Crippen LogP contribution in [0.2, 0.25) is 0 Å². The van der Waals surface area contributed by atoms with Crippen LogP contribution < -0.4 is 0 Å². The van der Waals surface area contributed by atoms with Crippen molar-refractivity contribution in [2.24, 2.45) is 5.92 Å². The van der Waals surface area contributed by atoms with Gasteiger partial charge < -0.3 is 14.9 Å². The molecule has 2 aliphatic heterocycles. The van der Waals surface area contributed by atoms with Crippen LogP contribution >= 0.6 is 0 Å². The zero-order valence-electron chi connectivity index (χ0n) is 17.0. The largest absolute Gasteiger partial charge is 0.394 e. The van der Waals surface area contributed by atoms with Crippen LogP contribution in [0.4, 0.5) is 0 Å². The summed E-state index contributed by atoms with van der Waals surface area (Å²) in [6.07, 6.45) is 5.66. The number of benzene rings is 1. The first kappa shape index (κ1) is 19.2. The van der Waals surface area contributed by atoms with Crippen LogP contribution in [0, 0.1) is 5.92 Å². The average molecular weight is 405 g/mol. The van der Waals surface area contributed by atoms with Gasteiger partial charge in [-0.05, 0) is 30.5 Å². The molecule has 156 valence electrons. The molecule has 1 aliphatic carbocycles. The van der Waals surface area contributed by atoms with Crippen molar-refractivity contribution in [1.82, 2.24) is 14.8 Å². The van der Waals surface area contributed by atoms with E-state index < -0.39 is 5.54 Å². The van der Waals surface area contributed by atoms with Gasteiger partial charge in [0.2, 0.25) is 5.91 Å². The zero-order valence-corrected chi connectivity index (χ0v) is 17.0. The van der Waals surface area contributed by atoms with Gasteiger partial charge in [-0.2, -0.15) is 0 Å². The van der Waals surface area contributed by atoms with Gasteiger partial charge in [-0.1, -0.05) is 49.2 Å². The van der Waals surface area contributed by atoms with Crippen LogP contribution in [0.15, 0.2) is 54.7 Å². The highest BCUT2D eigenvalue weighted by atomic mass is 16.3. The second-order valence-corrected chi connectivity index (χ2v) is 8.81. The highest BCUT2D eigenvalue weighted by Crippen LogP contribution is 2.55. The molecule has 1 aromatic carbocycles. The monoisotopic (exact) mass is 405 g/mol. The lowest BCUT2D eigenvalue weighted by Gasteiger charge is -2.70. The lowest BCUT2D eigenvalue weighted by molar-refractivity contribution is -0.197. The molecular weight excluding hydrogens is 378 g/mol. The Morgan fingerprint density at radius 3 is 2.37 bits per heavy atom. The number of carbonyl (C=O) groups excluding carboxylic acids is 2. The number of pyridine rings is 1. The number of amides is 2. The molecule has 2 amide bonds. The van der Waals surface area contributed by atoms with Crippen LogP contribution in [-0.2, 0) is 4.79 Å². The van der Waals surface area contributed by atoms with E-state index in [1.54, 1.807) is 23.2 Å². The second-order valence-electron chi connectivity index (χ2n) is 8.81. The standard InChI is InChI=1S/C24H27N3O3/c28-14-20-21(17-8-2-1-3-9-17)24(27(20)22(29)18-10-4-5-11-18)15-26(16-24)23(30)19-12-6-7-13-25-19/h1-3,6-9,12-13,18,20-21,28H,4-5,10-11,14-16H2/t20-,21-/m1/s1. The Balaban J connectivity index is 1.44. The third-order valence-electron chi connectivity index (χ3n) is 7.16. The van der Waals surface area contributed by atoms with Gasteiger partial charge in [0.25, 0.3) is 5.91 Å². The van der Waals surface area contributed by atoms with E-state index >= 15 is 0 Å². The Labute approximate surface area is 176 Å². The molecule has 1 spiro atoms. The van der Waals surface area contributed by atoms with Crippen molar-refractivity contribution >= 4 is 11.8 Å². The summed E-state index contributed by atoms with van der Waals surface area (Å²) in [5.41, 5.74) is 1.12. The highest BCUT2D eigenvalue weighted by Gasteiger charge is 2.68. The minimum atomic E-state index is -0.432. The van der Waals surface area contributed by atoms with Crippen molar-refractivity contribution in [2.45, 2.75) is 43.2 Å². The summed E-state index contributed by atoms with van der Waals surface area (Å²) in [4.78, 5) is 34.2. The number of hydrogen-bond acceptors (Lipinski definition) is 4. The second kappa shape index (κ2) is 7.51. The van der Waals surface area contributed by atoms with Crippen LogP contribution in [0.1, 0.15) is 47.7 Å². The summed E-state index contributed by atoms with van der Waals surface area (Å²) < 4.78 is 0. The molecule has 6 heteroatoms. The Kier molecular flexibility index (Phi) is 4.82. The normalized spacial score (nSPS) is 25.1. The van der Waals surface area contributed by atoms with Crippen molar-refractivity contribution < 1.29 is 14.7 Å². The Bertz CT molecular complexity index is 921. The number of nitrogens with zero attached hydrogens (tertiary/aromatic N) is 3. The molecule has 1 saturated carbocycles. The van der Waals surface area contributed by atoms with E-state index in [4.69, 9.17) is 0 Å². The van der Waals surface area contributed by atoms with Gasteiger partial charge in [0.15, 0.2) is 0 Å². The molecule has 0 bridgehead atoms. The van der Waals surface area contributed by atoms with Crippen molar-refractivity contribution in [3.8, 4) is 0 Å². The maximum Gasteiger partial charge on any atom is 0.272 e. The molecule has 3 heterocycles. The number of aromatic nitrogens is 1. The fourth-order valence-corrected chi connectivity index (χ4v) is 5.80. The molecule has 2 aromatic rings. The van der Waals surface area contributed by atoms with Gasteiger partial charge in [0.1, 0.15) is 5.69 Å². The van der Waals surface area contributed by atoms with Crippen LogP contribution in [0.25, 0.3) is 0 Å². The van der Waals surface area contributed by atoms with E-state index in [2.05, 4.69) is 17.1 Å². The Hall–Kier alpha value is -2.73. The SMILES string of the molecule is O=C(c1ccccn1)N1CC2(C1)[C@H](c1ccccc1)[C@@H](CO)N2C(=O)C1CCCC1. The highest BCUT2D eigenvalue weighted by molar-refractivity contribution is 5.93. The summed E-state index contributed by atoms with van der Waals surface area (Å²) in [7, 11) is 0. The van der Waals surface area contributed by atoms with E-state index in [0.717, 1.165) is 31.2 Å². The van der Waals surface area contributed by atoms with Gasteiger partial charge in [0.05, 0.1) is 18.2 Å². The minimum Gasteiger partial charge on any atom is -0.394 e. The third-order valence-corrected chi connectivity index (χ3v) is 7.16. The lowest BCUT2D eigenvalue weighted by atomic mass is 9.60. The molecule has 30 heavy (non-hydrogen) atoms. The van der Waals surface area contributed by atoms with Gasteiger partial charge in [-0.3, -0.25) is 14.6 Å². The van der Waals surface area contributed by atoms with E-state index in [-0.39, 0.29) is 36.3 Å². The molecule has 3 aliphatic rings. The number of rotatable bonds is 4. The molecule has 2 saturated heterocycles. The van der Waals surface area contributed by atoms with Crippen molar-refractivity contribution in [3.63, 3.8) is 0 Å². The molecule has 1 N–H and O–H groups in total.